The summed E-state index contributed by atoms with van der Waals surface area (Å²) in [6.45, 7) is 2.57. The van der Waals surface area contributed by atoms with Crippen LogP contribution in [0.3, 0.4) is 0 Å². The Bertz CT molecular complexity index is 815. The molecule has 1 heterocycles. The van der Waals surface area contributed by atoms with E-state index >= 15 is 0 Å². The van der Waals surface area contributed by atoms with E-state index in [1.807, 2.05) is 0 Å². The first kappa shape index (κ1) is 20.6. The van der Waals surface area contributed by atoms with E-state index in [1.54, 1.807) is 12.1 Å². The Morgan fingerprint density at radius 2 is 1.74 bits per heavy atom. The summed E-state index contributed by atoms with van der Waals surface area (Å²) in [5.74, 6) is -1.56. The summed E-state index contributed by atoms with van der Waals surface area (Å²) in [6, 6.07) is 8.05. The van der Waals surface area contributed by atoms with E-state index < -0.39 is 29.1 Å². The fourth-order valence-electron chi connectivity index (χ4n) is 2.83. The molecule has 0 aliphatic rings. The van der Waals surface area contributed by atoms with Crippen molar-refractivity contribution in [3.8, 4) is 0 Å². The highest BCUT2D eigenvalue weighted by Gasteiger charge is 2.29. The molecule has 0 bridgehead atoms. The summed E-state index contributed by atoms with van der Waals surface area (Å²) in [7, 11) is 0. The Kier molecular flexibility index (Phi) is 7.92. The third-order valence-electron chi connectivity index (χ3n) is 4.33. The summed E-state index contributed by atoms with van der Waals surface area (Å²) in [5, 5.41) is 2.75. The van der Waals surface area contributed by atoms with Crippen LogP contribution in [0.15, 0.2) is 53.5 Å². The van der Waals surface area contributed by atoms with Crippen LogP contribution in [0.25, 0.3) is 0 Å². The van der Waals surface area contributed by atoms with Gasteiger partial charge in [0.1, 0.15) is 5.82 Å². The fraction of sp³-hybridized carbons (Fsp3) is 0.381. The predicted molar refractivity (Wildman–Crippen MR) is 102 cm³/mol. The fourth-order valence-corrected chi connectivity index (χ4v) is 2.83. The molecule has 0 unspecified atom stereocenters. The van der Waals surface area contributed by atoms with Crippen molar-refractivity contribution in [2.75, 3.05) is 6.54 Å². The van der Waals surface area contributed by atoms with Crippen molar-refractivity contribution in [3.63, 3.8) is 0 Å². The van der Waals surface area contributed by atoms with Gasteiger partial charge in [0.15, 0.2) is 11.8 Å². The van der Waals surface area contributed by atoms with Gasteiger partial charge in [0.05, 0.1) is 0 Å². The maximum Gasteiger partial charge on any atom is 0.251 e. The number of carbonyl (C=O) groups excluding carboxylic acids is 2. The number of carbonyl (C=O) groups is 2. The highest BCUT2D eigenvalue weighted by Crippen LogP contribution is 2.15. The Hall–Kier alpha value is -2.76. The van der Waals surface area contributed by atoms with Gasteiger partial charge in [-0.1, -0.05) is 38.7 Å². The van der Waals surface area contributed by atoms with Crippen LogP contribution in [0.1, 0.15) is 55.4 Å². The summed E-state index contributed by atoms with van der Waals surface area (Å²) in [5.41, 5.74) is -0.272. The first-order valence-corrected chi connectivity index (χ1v) is 9.29. The minimum atomic E-state index is -1.32. The molecule has 2 rings (SSSR count). The summed E-state index contributed by atoms with van der Waals surface area (Å²) < 4.78 is 14.3. The highest BCUT2D eigenvalue weighted by atomic mass is 19.1. The van der Waals surface area contributed by atoms with Crippen LogP contribution in [0, 0.1) is 5.82 Å². The quantitative estimate of drug-likeness (QED) is 0.394. The van der Waals surface area contributed by atoms with Crippen LogP contribution in [0.4, 0.5) is 4.39 Å². The van der Waals surface area contributed by atoms with Crippen LogP contribution in [-0.4, -0.2) is 22.8 Å². The zero-order valence-corrected chi connectivity index (χ0v) is 15.5. The van der Waals surface area contributed by atoms with E-state index in [2.05, 4.69) is 12.2 Å². The van der Waals surface area contributed by atoms with Crippen LogP contribution in [0.5, 0.6) is 0 Å². The molecule has 0 saturated carbocycles. The molecule has 0 aliphatic carbocycles. The number of Topliss-reactive ketones (excluding diaryl/α,β-unsaturated/α-hetero) is 1. The standard InChI is InChI=1S/C21H25FN2O3/c1-2-3-4-5-7-14-23-21(27)19(24-15-8-6-9-18(24)25)20(26)16-10-12-17(22)13-11-16/h6,8-13,15,19H,2-5,7,14H2,1H3,(H,23,27)/t19-/m1/s1. The van der Waals surface area contributed by atoms with E-state index in [4.69, 9.17) is 0 Å². The van der Waals surface area contributed by atoms with Gasteiger partial charge >= 0.3 is 0 Å². The van der Waals surface area contributed by atoms with Crippen molar-refractivity contribution in [1.29, 1.82) is 0 Å². The average Bonchev–Trinajstić information content (AvgIpc) is 2.67. The third-order valence-corrected chi connectivity index (χ3v) is 4.33. The maximum absolute atomic E-state index is 13.1. The molecule has 6 heteroatoms. The molecule has 27 heavy (non-hydrogen) atoms. The van der Waals surface area contributed by atoms with Crippen molar-refractivity contribution in [2.45, 2.75) is 45.1 Å². The molecule has 0 fully saturated rings. The number of nitrogens with zero attached hydrogens (tertiary/aromatic N) is 1. The molecule has 0 radical (unpaired) electrons. The number of aromatic nitrogens is 1. The van der Waals surface area contributed by atoms with Gasteiger partial charge in [-0.15, -0.1) is 0 Å². The van der Waals surface area contributed by atoms with E-state index in [9.17, 15) is 18.8 Å². The van der Waals surface area contributed by atoms with Crippen molar-refractivity contribution in [3.05, 3.63) is 70.4 Å². The Morgan fingerprint density at radius 3 is 2.41 bits per heavy atom. The normalized spacial score (nSPS) is 11.8. The zero-order chi connectivity index (χ0) is 19.6. The van der Waals surface area contributed by atoms with Gasteiger partial charge in [-0.3, -0.25) is 19.0 Å². The van der Waals surface area contributed by atoms with E-state index in [-0.39, 0.29) is 5.56 Å². The number of nitrogens with one attached hydrogen (secondary N) is 1. The summed E-state index contributed by atoms with van der Waals surface area (Å²) >= 11 is 0. The van der Waals surface area contributed by atoms with Crippen LogP contribution < -0.4 is 10.9 Å². The van der Waals surface area contributed by atoms with Crippen LogP contribution in [0.2, 0.25) is 0 Å². The van der Waals surface area contributed by atoms with Crippen molar-refractivity contribution in [2.24, 2.45) is 0 Å². The lowest BCUT2D eigenvalue weighted by Gasteiger charge is -2.18. The molecule has 1 atom stereocenters. The monoisotopic (exact) mass is 372 g/mol. The van der Waals surface area contributed by atoms with Crippen molar-refractivity contribution >= 4 is 11.7 Å². The van der Waals surface area contributed by atoms with Crippen molar-refractivity contribution < 1.29 is 14.0 Å². The molecule has 1 N–H and O–H groups in total. The largest absolute Gasteiger partial charge is 0.354 e. The number of hydrogen-bond donors (Lipinski definition) is 1. The van der Waals surface area contributed by atoms with Gasteiger partial charge < -0.3 is 5.32 Å². The molecule has 0 saturated heterocycles. The van der Waals surface area contributed by atoms with Gasteiger partial charge in [-0.25, -0.2) is 4.39 Å². The van der Waals surface area contributed by atoms with Gasteiger partial charge in [0.25, 0.3) is 11.5 Å². The van der Waals surface area contributed by atoms with E-state index in [0.29, 0.717) is 6.54 Å². The Labute approximate surface area is 158 Å². The maximum atomic E-state index is 13.1. The first-order valence-electron chi connectivity index (χ1n) is 9.29. The lowest BCUT2D eigenvalue weighted by Crippen LogP contribution is -2.41. The Balaban J connectivity index is 2.16. The number of benzene rings is 1. The molecule has 2 aromatic rings. The molecular weight excluding hydrogens is 347 g/mol. The minimum absolute atomic E-state index is 0.176. The minimum Gasteiger partial charge on any atom is -0.354 e. The number of hydrogen-bond acceptors (Lipinski definition) is 3. The second-order valence-electron chi connectivity index (χ2n) is 6.43. The lowest BCUT2D eigenvalue weighted by molar-refractivity contribution is -0.123. The van der Waals surface area contributed by atoms with Gasteiger partial charge in [-0.2, -0.15) is 0 Å². The van der Waals surface area contributed by atoms with Crippen LogP contribution in [-0.2, 0) is 4.79 Å². The Morgan fingerprint density at radius 1 is 1.04 bits per heavy atom. The molecule has 1 amide bonds. The van der Waals surface area contributed by atoms with Gasteiger partial charge in [0.2, 0.25) is 0 Å². The average molecular weight is 372 g/mol. The smallest absolute Gasteiger partial charge is 0.251 e. The number of rotatable bonds is 10. The predicted octanol–water partition coefficient (Wildman–Crippen LogP) is 3.50. The molecule has 5 nitrogen and oxygen atoms in total. The van der Waals surface area contributed by atoms with Gasteiger partial charge in [0, 0.05) is 24.4 Å². The second-order valence-corrected chi connectivity index (χ2v) is 6.43. The second kappa shape index (κ2) is 10.4. The van der Waals surface area contributed by atoms with E-state index in [1.165, 1.54) is 24.4 Å². The first-order chi connectivity index (χ1) is 13.0. The topological polar surface area (TPSA) is 68.2 Å². The van der Waals surface area contributed by atoms with Crippen LogP contribution >= 0.6 is 0 Å². The van der Waals surface area contributed by atoms with E-state index in [0.717, 1.165) is 48.8 Å². The number of unbranched alkanes of at least 4 members (excludes halogenated alkanes) is 4. The molecule has 0 spiro atoms. The number of ketones is 1. The van der Waals surface area contributed by atoms with Crippen molar-refractivity contribution in [1.82, 2.24) is 9.88 Å². The summed E-state index contributed by atoms with van der Waals surface area (Å²) in [4.78, 5) is 37.8. The highest BCUT2D eigenvalue weighted by molar-refractivity contribution is 6.11. The molecule has 1 aromatic heterocycles. The lowest BCUT2D eigenvalue weighted by atomic mass is 10.0. The SMILES string of the molecule is CCCCCCCNC(=O)[C@@H](C(=O)c1ccc(F)cc1)n1ccccc1=O. The molecular formula is C21H25FN2O3. The number of pyridine rings is 1. The number of amides is 1. The van der Waals surface area contributed by atoms with Gasteiger partial charge in [-0.05, 0) is 36.8 Å². The zero-order valence-electron chi connectivity index (χ0n) is 15.5. The molecule has 144 valence electrons. The number of halogens is 1. The third kappa shape index (κ3) is 5.88. The summed E-state index contributed by atoms with van der Waals surface area (Å²) in [6.07, 6.45) is 6.61. The molecule has 1 aromatic carbocycles. The molecule has 0 aliphatic heterocycles.